The molecule has 26 heavy (non-hydrogen) atoms. The van der Waals surface area contributed by atoms with Crippen molar-refractivity contribution in [2.75, 3.05) is 12.0 Å². The van der Waals surface area contributed by atoms with Gasteiger partial charge >= 0.3 is 5.97 Å². The van der Waals surface area contributed by atoms with Crippen LogP contribution >= 0.6 is 11.6 Å². The first-order valence-corrected chi connectivity index (χ1v) is 8.44. The van der Waals surface area contributed by atoms with Crippen LogP contribution in [-0.2, 0) is 9.53 Å². The van der Waals surface area contributed by atoms with Gasteiger partial charge in [-0.05, 0) is 32.0 Å². The standard InChI is InChI=1S/C19H17ClN4O2/c1-3-26-19(25)17(13-6-4-12(2)5-7-13)23-24-18-15-10-14(20)8-9-16(15)21-11-22-18/h4-11H,3H2,1-2H3,(H,21,22,24)/b23-17-. The fourth-order valence-corrected chi connectivity index (χ4v) is 2.54. The van der Waals surface area contributed by atoms with Gasteiger partial charge in [-0.2, -0.15) is 5.10 Å². The van der Waals surface area contributed by atoms with Gasteiger partial charge in [0.1, 0.15) is 6.33 Å². The summed E-state index contributed by atoms with van der Waals surface area (Å²) in [5, 5.41) is 5.51. The van der Waals surface area contributed by atoms with Crippen molar-refractivity contribution >= 4 is 40.0 Å². The van der Waals surface area contributed by atoms with Crippen LogP contribution in [0.4, 0.5) is 5.82 Å². The number of nitrogens with zero attached hydrogens (tertiary/aromatic N) is 3. The lowest BCUT2D eigenvalue weighted by Gasteiger charge is -2.09. The molecule has 0 aliphatic carbocycles. The second kappa shape index (κ2) is 7.93. The van der Waals surface area contributed by atoms with Crippen LogP contribution < -0.4 is 5.43 Å². The molecule has 3 rings (SSSR count). The largest absolute Gasteiger partial charge is 0.461 e. The molecule has 1 aromatic heterocycles. The fourth-order valence-electron chi connectivity index (χ4n) is 2.37. The van der Waals surface area contributed by atoms with Gasteiger partial charge in [-0.25, -0.2) is 14.8 Å². The molecule has 132 valence electrons. The van der Waals surface area contributed by atoms with E-state index < -0.39 is 5.97 Å². The van der Waals surface area contributed by atoms with Gasteiger partial charge in [0, 0.05) is 16.0 Å². The van der Waals surface area contributed by atoms with Crippen LogP contribution in [-0.4, -0.2) is 28.3 Å². The Hall–Kier alpha value is -2.99. The Morgan fingerprint density at radius 3 is 2.69 bits per heavy atom. The van der Waals surface area contributed by atoms with Crippen molar-refractivity contribution in [1.82, 2.24) is 9.97 Å². The minimum Gasteiger partial charge on any atom is -0.461 e. The quantitative estimate of drug-likeness (QED) is 0.419. The number of hydrogen-bond acceptors (Lipinski definition) is 6. The van der Waals surface area contributed by atoms with E-state index in [4.69, 9.17) is 16.3 Å². The first-order valence-electron chi connectivity index (χ1n) is 8.06. The molecule has 0 amide bonds. The Balaban J connectivity index is 2.00. The number of benzene rings is 2. The van der Waals surface area contributed by atoms with E-state index >= 15 is 0 Å². The van der Waals surface area contributed by atoms with Gasteiger partial charge in [0.25, 0.3) is 0 Å². The van der Waals surface area contributed by atoms with Gasteiger partial charge < -0.3 is 4.74 Å². The highest BCUT2D eigenvalue weighted by Gasteiger charge is 2.16. The number of nitrogens with one attached hydrogen (secondary N) is 1. The molecule has 0 saturated carbocycles. The number of carbonyl (C=O) groups is 1. The molecule has 0 spiro atoms. The zero-order chi connectivity index (χ0) is 18.5. The van der Waals surface area contributed by atoms with Crippen LogP contribution in [0.3, 0.4) is 0 Å². The average molecular weight is 369 g/mol. The topological polar surface area (TPSA) is 76.5 Å². The first kappa shape index (κ1) is 17.8. The highest BCUT2D eigenvalue weighted by Crippen LogP contribution is 2.23. The molecule has 3 aromatic rings. The summed E-state index contributed by atoms with van der Waals surface area (Å²) < 4.78 is 5.12. The number of ether oxygens (including phenoxy) is 1. The molecule has 0 radical (unpaired) electrons. The van der Waals surface area contributed by atoms with Crippen LogP contribution in [0, 0.1) is 6.92 Å². The maximum atomic E-state index is 12.3. The molecule has 7 heteroatoms. The van der Waals surface area contributed by atoms with E-state index in [9.17, 15) is 4.79 Å². The molecule has 6 nitrogen and oxygen atoms in total. The Morgan fingerprint density at radius 2 is 1.96 bits per heavy atom. The van der Waals surface area contributed by atoms with Crippen molar-refractivity contribution in [2.24, 2.45) is 5.10 Å². The summed E-state index contributed by atoms with van der Waals surface area (Å²) in [4.78, 5) is 20.7. The van der Waals surface area contributed by atoms with Gasteiger partial charge in [-0.1, -0.05) is 41.4 Å². The number of aromatic nitrogens is 2. The van der Waals surface area contributed by atoms with Gasteiger partial charge in [0.2, 0.25) is 0 Å². The second-order valence-electron chi connectivity index (χ2n) is 5.54. The summed E-state index contributed by atoms with van der Waals surface area (Å²) in [6.45, 7) is 3.98. The van der Waals surface area contributed by atoms with Gasteiger partial charge in [-0.3, -0.25) is 5.43 Å². The number of rotatable bonds is 5. The van der Waals surface area contributed by atoms with Crippen molar-refractivity contribution in [1.29, 1.82) is 0 Å². The highest BCUT2D eigenvalue weighted by atomic mass is 35.5. The molecule has 0 bridgehead atoms. The van der Waals surface area contributed by atoms with E-state index in [1.807, 2.05) is 31.2 Å². The molecule has 0 atom stereocenters. The minimum atomic E-state index is -0.514. The number of esters is 1. The number of anilines is 1. The fraction of sp³-hybridized carbons (Fsp3) is 0.158. The lowest BCUT2D eigenvalue weighted by molar-refractivity contribution is -0.134. The number of carbonyl (C=O) groups excluding carboxylic acids is 1. The summed E-state index contributed by atoms with van der Waals surface area (Å²) in [6, 6.07) is 12.7. The predicted molar refractivity (Wildman–Crippen MR) is 103 cm³/mol. The minimum absolute atomic E-state index is 0.167. The predicted octanol–water partition coefficient (Wildman–Crippen LogP) is 3.97. The molecule has 0 aliphatic heterocycles. The molecular weight excluding hydrogens is 352 g/mol. The maximum Gasteiger partial charge on any atom is 0.359 e. The van der Waals surface area contributed by atoms with Crippen molar-refractivity contribution < 1.29 is 9.53 Å². The van der Waals surface area contributed by atoms with E-state index in [1.54, 1.807) is 25.1 Å². The maximum absolute atomic E-state index is 12.3. The molecule has 0 saturated heterocycles. The van der Waals surface area contributed by atoms with Crippen LogP contribution in [0.25, 0.3) is 10.9 Å². The van der Waals surface area contributed by atoms with Crippen LogP contribution in [0.15, 0.2) is 53.9 Å². The Kier molecular flexibility index (Phi) is 5.43. The lowest BCUT2D eigenvalue weighted by Crippen LogP contribution is -2.20. The molecule has 0 aliphatic rings. The molecule has 0 fully saturated rings. The third-order valence-corrected chi connectivity index (χ3v) is 3.90. The summed E-state index contributed by atoms with van der Waals surface area (Å²) in [7, 11) is 0. The molecule has 2 aromatic carbocycles. The summed E-state index contributed by atoms with van der Waals surface area (Å²) in [5.41, 5.74) is 5.47. The smallest absolute Gasteiger partial charge is 0.359 e. The first-order chi connectivity index (χ1) is 12.6. The number of aryl methyl sites for hydroxylation is 1. The van der Waals surface area contributed by atoms with Crippen molar-refractivity contribution in [2.45, 2.75) is 13.8 Å². The van der Waals surface area contributed by atoms with Crippen molar-refractivity contribution in [3.8, 4) is 0 Å². The Morgan fingerprint density at radius 1 is 1.19 bits per heavy atom. The van der Waals surface area contributed by atoms with Crippen LogP contribution in [0.5, 0.6) is 0 Å². The molecule has 1 heterocycles. The zero-order valence-corrected chi connectivity index (χ0v) is 15.1. The van der Waals surface area contributed by atoms with E-state index in [0.717, 1.165) is 11.1 Å². The van der Waals surface area contributed by atoms with Crippen LogP contribution in [0.1, 0.15) is 18.1 Å². The number of halogens is 1. The third kappa shape index (κ3) is 3.97. The summed E-state index contributed by atoms with van der Waals surface area (Å²) in [5.74, 6) is -0.0633. The highest BCUT2D eigenvalue weighted by molar-refractivity contribution is 6.43. The normalized spacial score (nSPS) is 11.4. The SMILES string of the molecule is CCOC(=O)/C(=N\Nc1ncnc2ccc(Cl)cc12)c1ccc(C)cc1. The van der Waals surface area contributed by atoms with Crippen LogP contribution in [0.2, 0.25) is 5.02 Å². The number of hydrogen-bond donors (Lipinski definition) is 1. The average Bonchev–Trinajstić information content (AvgIpc) is 2.64. The molecule has 1 N–H and O–H groups in total. The van der Waals surface area contributed by atoms with E-state index in [1.165, 1.54) is 6.33 Å². The summed E-state index contributed by atoms with van der Waals surface area (Å²) >= 11 is 6.06. The molecule has 0 unspecified atom stereocenters. The Labute approximate surface area is 155 Å². The Bertz CT molecular complexity index is 971. The van der Waals surface area contributed by atoms with E-state index in [0.29, 0.717) is 21.8 Å². The van der Waals surface area contributed by atoms with E-state index in [-0.39, 0.29) is 12.3 Å². The van der Waals surface area contributed by atoms with Gasteiger partial charge in [0.05, 0.1) is 12.1 Å². The van der Waals surface area contributed by atoms with E-state index in [2.05, 4.69) is 20.5 Å². The number of hydrazone groups is 1. The summed E-state index contributed by atoms with van der Waals surface area (Å²) in [6.07, 6.45) is 1.42. The monoisotopic (exact) mass is 368 g/mol. The second-order valence-corrected chi connectivity index (χ2v) is 5.98. The van der Waals surface area contributed by atoms with Crippen molar-refractivity contribution in [3.63, 3.8) is 0 Å². The van der Waals surface area contributed by atoms with Gasteiger partial charge in [0.15, 0.2) is 11.5 Å². The zero-order valence-electron chi connectivity index (χ0n) is 14.4. The van der Waals surface area contributed by atoms with Crippen molar-refractivity contribution in [3.05, 3.63) is 64.9 Å². The lowest BCUT2D eigenvalue weighted by atomic mass is 10.1. The third-order valence-electron chi connectivity index (χ3n) is 3.66. The molecular formula is C19H17ClN4O2. The van der Waals surface area contributed by atoms with Gasteiger partial charge in [-0.15, -0.1) is 0 Å². The number of fused-ring (bicyclic) bond motifs is 1.